The lowest BCUT2D eigenvalue weighted by molar-refractivity contribution is -0.115. The van der Waals surface area contributed by atoms with E-state index in [4.69, 9.17) is 0 Å². The molecule has 0 unspecified atom stereocenters. The number of halogens is 2. The van der Waals surface area contributed by atoms with E-state index in [0.717, 1.165) is 22.9 Å². The zero-order valence-corrected chi connectivity index (χ0v) is 15.0. The summed E-state index contributed by atoms with van der Waals surface area (Å²) in [5.41, 5.74) is 3.09. The molecule has 0 aliphatic carbocycles. The van der Waals surface area contributed by atoms with E-state index < -0.39 is 23.4 Å². The van der Waals surface area contributed by atoms with Gasteiger partial charge in [-0.15, -0.1) is 0 Å². The fraction of sp³-hybridized carbons (Fsp3) is 0.0952. The van der Waals surface area contributed by atoms with E-state index in [0.29, 0.717) is 17.3 Å². The number of nitrogens with zero attached hydrogens (tertiary/aromatic N) is 1. The number of rotatable bonds is 5. The number of hydrazone groups is 1. The third-order valence-electron chi connectivity index (χ3n) is 4.00. The van der Waals surface area contributed by atoms with Crippen molar-refractivity contribution in [2.24, 2.45) is 5.10 Å². The molecule has 0 aliphatic rings. The molecule has 5 nitrogen and oxygen atoms in total. The van der Waals surface area contributed by atoms with Crippen LogP contribution in [0.15, 0.2) is 65.8 Å². The van der Waals surface area contributed by atoms with Crippen molar-refractivity contribution in [2.45, 2.75) is 13.3 Å². The lowest BCUT2D eigenvalue weighted by Gasteiger charge is -2.07. The number of benzene rings is 3. The van der Waals surface area contributed by atoms with Crippen LogP contribution < -0.4 is 10.7 Å². The maximum absolute atomic E-state index is 13.6. The van der Waals surface area contributed by atoms with E-state index in [9.17, 15) is 18.4 Å². The highest BCUT2D eigenvalue weighted by molar-refractivity contribution is 6.08. The predicted octanol–water partition coefficient (Wildman–Crippen LogP) is 4.25. The standard InChI is InChI=1S/C21H17F2N3O2/c1-13(11-20(27)24-19-10-9-15(22)12-18(19)23)25-26-21(28)17-8-4-6-14-5-2-3-7-16(14)17/h2-10,12H,11H2,1H3,(H,24,27)(H,26,28)/b25-13+. The number of anilines is 1. The summed E-state index contributed by atoms with van der Waals surface area (Å²) in [5.74, 6) is -2.54. The van der Waals surface area contributed by atoms with E-state index in [1.54, 1.807) is 19.1 Å². The minimum atomic E-state index is -0.868. The molecule has 0 fully saturated rings. The summed E-state index contributed by atoms with van der Waals surface area (Å²) in [6.45, 7) is 1.56. The summed E-state index contributed by atoms with van der Waals surface area (Å²) in [6, 6.07) is 15.7. The van der Waals surface area contributed by atoms with Gasteiger partial charge in [-0.05, 0) is 35.9 Å². The molecule has 2 N–H and O–H groups in total. The minimum absolute atomic E-state index is 0.126. The molecule has 3 rings (SSSR count). The molecular weight excluding hydrogens is 364 g/mol. The van der Waals surface area contributed by atoms with Gasteiger partial charge in [-0.25, -0.2) is 14.2 Å². The van der Waals surface area contributed by atoms with Crippen molar-refractivity contribution in [1.29, 1.82) is 0 Å². The van der Waals surface area contributed by atoms with Gasteiger partial charge in [-0.3, -0.25) is 9.59 Å². The van der Waals surface area contributed by atoms with E-state index in [2.05, 4.69) is 15.8 Å². The Bertz CT molecular complexity index is 1070. The van der Waals surface area contributed by atoms with Crippen LogP contribution in [0.25, 0.3) is 10.8 Å². The van der Waals surface area contributed by atoms with Gasteiger partial charge < -0.3 is 5.32 Å². The molecule has 0 spiro atoms. The number of carbonyl (C=O) groups is 2. The fourth-order valence-electron chi connectivity index (χ4n) is 2.69. The Labute approximate surface area is 160 Å². The summed E-state index contributed by atoms with van der Waals surface area (Å²) in [7, 11) is 0. The van der Waals surface area contributed by atoms with Gasteiger partial charge in [0.25, 0.3) is 5.91 Å². The van der Waals surface area contributed by atoms with Gasteiger partial charge in [-0.2, -0.15) is 5.10 Å². The second-order valence-electron chi connectivity index (χ2n) is 6.16. The molecule has 0 atom stereocenters. The number of fused-ring (bicyclic) bond motifs is 1. The normalized spacial score (nSPS) is 11.3. The van der Waals surface area contributed by atoms with Crippen molar-refractivity contribution in [3.63, 3.8) is 0 Å². The van der Waals surface area contributed by atoms with Gasteiger partial charge in [0.05, 0.1) is 12.1 Å². The summed E-state index contributed by atoms with van der Waals surface area (Å²) in [5, 5.41) is 7.98. The third-order valence-corrected chi connectivity index (χ3v) is 4.00. The molecule has 0 saturated carbocycles. The highest BCUT2D eigenvalue weighted by Gasteiger charge is 2.11. The highest BCUT2D eigenvalue weighted by Crippen LogP contribution is 2.18. The van der Waals surface area contributed by atoms with Gasteiger partial charge in [0.2, 0.25) is 5.91 Å². The third kappa shape index (κ3) is 4.56. The fourth-order valence-corrected chi connectivity index (χ4v) is 2.69. The molecule has 3 aromatic rings. The van der Waals surface area contributed by atoms with Crippen molar-refractivity contribution in [2.75, 3.05) is 5.32 Å². The second kappa shape index (κ2) is 8.39. The Morgan fingerprint density at radius 1 is 1.00 bits per heavy atom. The van der Waals surface area contributed by atoms with E-state index in [-0.39, 0.29) is 12.1 Å². The Morgan fingerprint density at radius 2 is 1.75 bits per heavy atom. The monoisotopic (exact) mass is 381 g/mol. The molecule has 0 aliphatic heterocycles. The Morgan fingerprint density at radius 3 is 2.54 bits per heavy atom. The topological polar surface area (TPSA) is 70.6 Å². The molecule has 142 valence electrons. The molecule has 2 amide bonds. The van der Waals surface area contributed by atoms with Crippen LogP contribution in [0.3, 0.4) is 0 Å². The van der Waals surface area contributed by atoms with Gasteiger partial charge >= 0.3 is 0 Å². The van der Waals surface area contributed by atoms with E-state index in [1.807, 2.05) is 30.3 Å². The van der Waals surface area contributed by atoms with Crippen LogP contribution in [-0.4, -0.2) is 17.5 Å². The maximum Gasteiger partial charge on any atom is 0.271 e. The van der Waals surface area contributed by atoms with Crippen molar-refractivity contribution < 1.29 is 18.4 Å². The first-order valence-electron chi connectivity index (χ1n) is 8.50. The highest BCUT2D eigenvalue weighted by atomic mass is 19.1. The van der Waals surface area contributed by atoms with Crippen LogP contribution in [-0.2, 0) is 4.79 Å². The molecule has 0 aromatic heterocycles. The number of amides is 2. The Balaban J connectivity index is 1.63. The van der Waals surface area contributed by atoms with Crippen LogP contribution >= 0.6 is 0 Å². The lowest BCUT2D eigenvalue weighted by atomic mass is 10.0. The maximum atomic E-state index is 13.6. The largest absolute Gasteiger partial charge is 0.323 e. The zero-order chi connectivity index (χ0) is 20.1. The van der Waals surface area contributed by atoms with Crippen LogP contribution in [0.4, 0.5) is 14.5 Å². The number of carbonyl (C=O) groups excluding carboxylic acids is 2. The number of hydrogen-bond donors (Lipinski definition) is 2. The van der Waals surface area contributed by atoms with E-state index in [1.165, 1.54) is 0 Å². The first-order chi connectivity index (χ1) is 13.4. The lowest BCUT2D eigenvalue weighted by Crippen LogP contribution is -2.22. The molecule has 3 aromatic carbocycles. The Kier molecular flexibility index (Phi) is 5.74. The van der Waals surface area contributed by atoms with Crippen LogP contribution in [0.1, 0.15) is 23.7 Å². The zero-order valence-electron chi connectivity index (χ0n) is 15.0. The SMILES string of the molecule is C/C(CC(=O)Nc1ccc(F)cc1F)=N\NC(=O)c1cccc2ccccc12. The quantitative estimate of drug-likeness (QED) is 0.512. The Hall–Kier alpha value is -3.61. The average Bonchev–Trinajstić information content (AvgIpc) is 2.68. The second-order valence-corrected chi connectivity index (χ2v) is 6.16. The molecule has 28 heavy (non-hydrogen) atoms. The first kappa shape index (κ1) is 19.2. The summed E-state index contributed by atoms with van der Waals surface area (Å²) < 4.78 is 26.5. The van der Waals surface area contributed by atoms with Crippen molar-refractivity contribution in [3.05, 3.63) is 77.9 Å². The van der Waals surface area contributed by atoms with E-state index >= 15 is 0 Å². The molecule has 0 heterocycles. The molecule has 0 saturated heterocycles. The van der Waals surface area contributed by atoms with Crippen molar-refractivity contribution in [1.82, 2.24) is 5.43 Å². The summed E-state index contributed by atoms with van der Waals surface area (Å²) in [4.78, 5) is 24.4. The van der Waals surface area contributed by atoms with Crippen LogP contribution in [0.5, 0.6) is 0 Å². The predicted molar refractivity (Wildman–Crippen MR) is 104 cm³/mol. The molecule has 0 bridgehead atoms. The summed E-state index contributed by atoms with van der Waals surface area (Å²) in [6.07, 6.45) is -0.160. The van der Waals surface area contributed by atoms with Crippen molar-refractivity contribution >= 4 is 34.0 Å². The average molecular weight is 381 g/mol. The smallest absolute Gasteiger partial charge is 0.271 e. The van der Waals surface area contributed by atoms with Gasteiger partial charge in [0, 0.05) is 17.3 Å². The molecule has 0 radical (unpaired) electrons. The summed E-state index contributed by atoms with van der Waals surface area (Å²) >= 11 is 0. The number of nitrogens with one attached hydrogen (secondary N) is 2. The van der Waals surface area contributed by atoms with Gasteiger partial charge in [-0.1, -0.05) is 36.4 Å². The molecular formula is C21H17F2N3O2. The minimum Gasteiger partial charge on any atom is -0.323 e. The van der Waals surface area contributed by atoms with Gasteiger partial charge in [0.1, 0.15) is 11.6 Å². The first-order valence-corrected chi connectivity index (χ1v) is 8.50. The van der Waals surface area contributed by atoms with Crippen LogP contribution in [0, 0.1) is 11.6 Å². The number of hydrogen-bond acceptors (Lipinski definition) is 3. The van der Waals surface area contributed by atoms with Crippen LogP contribution in [0.2, 0.25) is 0 Å². The molecule has 7 heteroatoms. The van der Waals surface area contributed by atoms with Crippen molar-refractivity contribution in [3.8, 4) is 0 Å². The van der Waals surface area contributed by atoms with Gasteiger partial charge in [0.15, 0.2) is 0 Å².